The van der Waals surface area contributed by atoms with Crippen LogP contribution >= 0.6 is 24.8 Å². The Labute approximate surface area is 123 Å². The number of halogens is 4. The molecule has 0 amide bonds. The zero-order valence-electron chi connectivity index (χ0n) is 10.5. The molecular formula is C9H15F4NO4S2. The number of likely N-dealkylation sites (N-methyl/N-ethyl adjacent to an activating group) is 1. The van der Waals surface area contributed by atoms with Crippen molar-refractivity contribution >= 4 is 29.2 Å². The predicted octanol–water partition coefficient (Wildman–Crippen LogP) is 0.174. The fourth-order valence-corrected chi connectivity index (χ4v) is 1.47. The molecule has 0 radical (unpaired) electrons. The van der Waals surface area contributed by atoms with Crippen molar-refractivity contribution in [2.75, 3.05) is 7.05 Å². The lowest BCUT2D eigenvalue weighted by Crippen LogP contribution is -2.70. The lowest BCUT2D eigenvalue weighted by atomic mass is 9.95. The highest BCUT2D eigenvalue weighted by Crippen LogP contribution is 2.44. The van der Waals surface area contributed by atoms with Gasteiger partial charge in [0.1, 0.15) is 10.4 Å². The summed E-state index contributed by atoms with van der Waals surface area (Å²) in [5, 5.41) is 36.5. The monoisotopic (exact) mass is 341 g/mol. The van der Waals surface area contributed by atoms with E-state index in [9.17, 15) is 22.7 Å². The van der Waals surface area contributed by atoms with Crippen molar-refractivity contribution in [3.05, 3.63) is 0 Å². The molecule has 0 saturated heterocycles. The van der Waals surface area contributed by atoms with Crippen LogP contribution in [-0.2, 0) is 0 Å². The van der Waals surface area contributed by atoms with Crippen molar-refractivity contribution in [2.24, 2.45) is 0 Å². The van der Waals surface area contributed by atoms with Crippen molar-refractivity contribution in [1.82, 2.24) is 4.90 Å². The van der Waals surface area contributed by atoms with Crippen molar-refractivity contribution in [3.8, 4) is 0 Å². The molecule has 0 aliphatic carbocycles. The molecule has 0 fully saturated rings. The lowest BCUT2D eigenvalue weighted by molar-refractivity contribution is -0.412. The van der Waals surface area contributed by atoms with Crippen LogP contribution in [-0.4, -0.2) is 66.7 Å². The Morgan fingerprint density at radius 3 is 1.95 bits per heavy atom. The highest BCUT2D eigenvalue weighted by molar-refractivity contribution is 8.10. The van der Waals surface area contributed by atoms with Crippen molar-refractivity contribution in [2.45, 2.75) is 43.3 Å². The number of thiocarbonyl (C=S) groups is 1. The van der Waals surface area contributed by atoms with Gasteiger partial charge in [-0.3, -0.25) is 4.90 Å². The summed E-state index contributed by atoms with van der Waals surface area (Å²) in [4.78, 5) is -0.416. The number of aliphatic hydroxyl groups is 4. The van der Waals surface area contributed by atoms with E-state index in [1.165, 1.54) is 6.92 Å². The quantitative estimate of drug-likeness (QED) is 0.205. The van der Waals surface area contributed by atoms with E-state index in [1.54, 1.807) is 0 Å². The number of thiol groups is 1. The molecule has 0 aromatic heterocycles. The molecule has 4 unspecified atom stereocenters. The third-order valence-corrected chi connectivity index (χ3v) is 3.32. The predicted molar refractivity (Wildman–Crippen MR) is 68.7 cm³/mol. The minimum Gasteiger partial charge on any atom is -0.390 e. The Bertz CT molecular complexity index is 370. The average molecular weight is 341 g/mol. The van der Waals surface area contributed by atoms with Crippen LogP contribution in [0.5, 0.6) is 0 Å². The Hall–Kier alpha value is -0.200. The van der Waals surface area contributed by atoms with Crippen LogP contribution in [0, 0.1) is 0 Å². The molecular weight excluding hydrogens is 326 g/mol. The first-order chi connectivity index (χ1) is 8.75. The van der Waals surface area contributed by atoms with Crippen LogP contribution in [0.1, 0.15) is 13.3 Å². The maximum absolute atomic E-state index is 13.8. The van der Waals surface area contributed by atoms with Gasteiger partial charge < -0.3 is 20.4 Å². The van der Waals surface area contributed by atoms with Crippen LogP contribution in [0.4, 0.5) is 17.6 Å². The largest absolute Gasteiger partial charge is 0.390 e. The smallest absolute Gasteiger partial charge is 0.390 e. The van der Waals surface area contributed by atoms with Gasteiger partial charge in [-0.25, -0.2) is 4.39 Å². The highest BCUT2D eigenvalue weighted by Gasteiger charge is 2.73. The number of hydrogen-bond acceptors (Lipinski definition) is 5. The SMILES string of the molecule is CCC(O)C(O)C(O)(F)C(O)(F)C(F)(F)N(C)C(=S)S. The average Bonchev–Trinajstić information content (AvgIpc) is 2.34. The van der Waals surface area contributed by atoms with Gasteiger partial charge >= 0.3 is 17.8 Å². The maximum atomic E-state index is 13.8. The van der Waals surface area contributed by atoms with E-state index in [-0.39, 0.29) is 0 Å². The second kappa shape index (κ2) is 6.28. The molecule has 0 aromatic carbocycles. The Morgan fingerprint density at radius 1 is 1.25 bits per heavy atom. The molecule has 0 saturated carbocycles. The van der Waals surface area contributed by atoms with Gasteiger partial charge in [0.05, 0.1) is 6.10 Å². The topological polar surface area (TPSA) is 84.2 Å². The molecule has 0 bridgehead atoms. The third-order valence-electron chi connectivity index (χ3n) is 2.75. The van der Waals surface area contributed by atoms with E-state index in [4.69, 9.17) is 15.3 Å². The molecule has 0 spiro atoms. The minimum absolute atomic E-state index is 0.393. The van der Waals surface area contributed by atoms with Crippen molar-refractivity contribution in [3.63, 3.8) is 0 Å². The van der Waals surface area contributed by atoms with Gasteiger partial charge in [-0.05, 0) is 6.42 Å². The molecule has 0 heterocycles. The van der Waals surface area contributed by atoms with Gasteiger partial charge in [-0.2, -0.15) is 13.2 Å². The standard InChI is InChI=1S/C9H15F4NO4S2/c1-3-4(15)5(16)7(10,17)8(11,18)9(12,13)14(2)6(19)20/h4-5,15-18H,3H2,1-2H3,(H,19,20). The molecule has 120 valence electrons. The first kappa shape index (κ1) is 19.8. The van der Waals surface area contributed by atoms with Gasteiger partial charge in [0.2, 0.25) is 0 Å². The number of hydrogen-bond donors (Lipinski definition) is 5. The number of nitrogens with zero attached hydrogens (tertiary/aromatic N) is 1. The summed E-state index contributed by atoms with van der Waals surface area (Å²) >= 11 is 7.52. The Balaban J connectivity index is 5.65. The normalized spacial score (nSPS) is 21.6. The molecule has 20 heavy (non-hydrogen) atoms. The minimum atomic E-state index is -5.27. The molecule has 4 atom stereocenters. The second-order valence-corrected chi connectivity index (χ2v) is 5.21. The first-order valence-electron chi connectivity index (χ1n) is 5.28. The number of alkyl halides is 4. The van der Waals surface area contributed by atoms with E-state index in [1.807, 2.05) is 0 Å². The fourth-order valence-electron chi connectivity index (χ4n) is 1.23. The van der Waals surface area contributed by atoms with Crippen LogP contribution in [0.2, 0.25) is 0 Å². The van der Waals surface area contributed by atoms with Gasteiger partial charge in [0.25, 0.3) is 0 Å². The summed E-state index contributed by atoms with van der Waals surface area (Å²) in [7, 11) is 0.485. The van der Waals surface area contributed by atoms with Crippen LogP contribution < -0.4 is 0 Å². The fraction of sp³-hybridized carbons (Fsp3) is 0.889. The molecule has 11 heteroatoms. The molecule has 0 rings (SSSR count). The van der Waals surface area contributed by atoms with E-state index >= 15 is 0 Å². The summed E-state index contributed by atoms with van der Waals surface area (Å²) in [5.41, 5.74) is 0. The number of aliphatic hydroxyl groups excluding tert-OH is 2. The summed E-state index contributed by atoms with van der Waals surface area (Å²) in [6.07, 6.45) is -5.50. The van der Waals surface area contributed by atoms with Crippen LogP contribution in [0.3, 0.4) is 0 Å². The summed E-state index contributed by atoms with van der Waals surface area (Å²) in [5.74, 6) is -10.1. The van der Waals surface area contributed by atoms with Gasteiger partial charge in [-0.15, -0.1) is 12.6 Å². The van der Waals surface area contributed by atoms with Crippen molar-refractivity contribution in [1.29, 1.82) is 0 Å². The molecule has 0 aliphatic heterocycles. The molecule has 0 aromatic rings. The second-order valence-electron chi connectivity index (χ2n) is 4.10. The van der Waals surface area contributed by atoms with E-state index in [0.717, 1.165) is 0 Å². The zero-order chi connectivity index (χ0) is 16.5. The lowest BCUT2D eigenvalue weighted by Gasteiger charge is -2.42. The molecule has 5 nitrogen and oxygen atoms in total. The summed E-state index contributed by atoms with van der Waals surface area (Å²) in [6, 6.07) is -5.07. The van der Waals surface area contributed by atoms with Crippen LogP contribution in [0.25, 0.3) is 0 Å². The first-order valence-corrected chi connectivity index (χ1v) is 6.13. The van der Waals surface area contributed by atoms with E-state index in [2.05, 4.69) is 24.8 Å². The van der Waals surface area contributed by atoms with Gasteiger partial charge in [0.15, 0.2) is 0 Å². The maximum Gasteiger partial charge on any atom is 0.390 e. The van der Waals surface area contributed by atoms with E-state index in [0.29, 0.717) is 7.05 Å². The van der Waals surface area contributed by atoms with Gasteiger partial charge in [0, 0.05) is 7.05 Å². The molecule has 0 aliphatic rings. The van der Waals surface area contributed by atoms with Crippen LogP contribution in [0.15, 0.2) is 0 Å². The van der Waals surface area contributed by atoms with Gasteiger partial charge in [-0.1, -0.05) is 19.1 Å². The Morgan fingerprint density at radius 2 is 1.65 bits per heavy atom. The third kappa shape index (κ3) is 3.17. The summed E-state index contributed by atoms with van der Waals surface area (Å²) < 4.78 is 53.9. The van der Waals surface area contributed by atoms with E-state index < -0.39 is 45.6 Å². The van der Waals surface area contributed by atoms with Crippen molar-refractivity contribution < 1.29 is 38.0 Å². The highest BCUT2D eigenvalue weighted by atomic mass is 32.1. The zero-order valence-corrected chi connectivity index (χ0v) is 12.2. The number of rotatable bonds is 6. The molecule has 4 N–H and O–H groups in total. The Kier molecular flexibility index (Phi) is 6.22. The summed E-state index contributed by atoms with van der Waals surface area (Å²) in [6.45, 7) is 1.20.